The van der Waals surface area contributed by atoms with E-state index < -0.39 is 4.87 Å². The molecule has 15 heavy (non-hydrogen) atoms. The van der Waals surface area contributed by atoms with Crippen molar-refractivity contribution < 1.29 is 9.53 Å². The zero-order valence-corrected chi connectivity index (χ0v) is 9.80. The minimum Gasteiger partial charge on any atom is -0.468 e. The van der Waals surface area contributed by atoms with E-state index in [0.29, 0.717) is 6.42 Å². The van der Waals surface area contributed by atoms with Crippen LogP contribution in [-0.2, 0) is 9.53 Å². The van der Waals surface area contributed by atoms with Gasteiger partial charge in [-0.05, 0) is 12.8 Å². The van der Waals surface area contributed by atoms with Gasteiger partial charge in [0.1, 0.15) is 0 Å². The highest BCUT2D eigenvalue weighted by atomic mass is 35.5. The summed E-state index contributed by atoms with van der Waals surface area (Å²) in [5.41, 5.74) is 0.0185. The Morgan fingerprint density at radius 3 is 2.93 bits per heavy atom. The zero-order valence-electron chi connectivity index (χ0n) is 9.05. The minimum absolute atomic E-state index is 0.0185. The van der Waals surface area contributed by atoms with Gasteiger partial charge in [0, 0.05) is 12.0 Å². The Morgan fingerprint density at radius 1 is 1.73 bits per heavy atom. The molecule has 0 aromatic rings. The molecule has 3 unspecified atom stereocenters. The van der Waals surface area contributed by atoms with Crippen molar-refractivity contribution in [1.82, 2.24) is 5.32 Å². The Bertz CT molecular complexity index is 318. The average Bonchev–Trinajstić information content (AvgIpc) is 2.29. The minimum atomic E-state index is -0.919. The predicted octanol–water partition coefficient (Wildman–Crippen LogP) is 1.47. The van der Waals surface area contributed by atoms with Crippen molar-refractivity contribution in [3.05, 3.63) is 12.2 Å². The molecule has 1 saturated heterocycles. The first-order valence-corrected chi connectivity index (χ1v) is 5.64. The quantitative estimate of drug-likeness (QED) is 0.443. The Balaban J connectivity index is 2.32. The first-order valence-electron chi connectivity index (χ1n) is 5.26. The molecule has 0 spiro atoms. The van der Waals surface area contributed by atoms with Crippen LogP contribution >= 0.6 is 11.6 Å². The number of rotatable bonds is 2. The van der Waals surface area contributed by atoms with Gasteiger partial charge >= 0.3 is 5.97 Å². The van der Waals surface area contributed by atoms with E-state index in [2.05, 4.69) is 18.3 Å². The molecule has 2 bridgehead atoms. The maximum absolute atomic E-state index is 11.7. The van der Waals surface area contributed by atoms with Gasteiger partial charge in [-0.15, -0.1) is 11.6 Å². The second-order valence-corrected chi connectivity index (χ2v) is 5.14. The van der Waals surface area contributed by atoms with Gasteiger partial charge in [0.25, 0.3) is 0 Å². The number of nitrogens with one attached hydrogen (secondary N) is 1. The zero-order chi connectivity index (χ0) is 11.1. The Morgan fingerprint density at radius 2 is 2.47 bits per heavy atom. The van der Waals surface area contributed by atoms with Crippen LogP contribution < -0.4 is 5.32 Å². The molecule has 2 aliphatic heterocycles. The summed E-state index contributed by atoms with van der Waals surface area (Å²) < 4.78 is 4.79. The molecule has 1 fully saturated rings. The van der Waals surface area contributed by atoms with E-state index in [-0.39, 0.29) is 17.4 Å². The van der Waals surface area contributed by atoms with Crippen molar-refractivity contribution in [2.45, 2.75) is 30.7 Å². The third-order valence-corrected chi connectivity index (χ3v) is 4.17. The standard InChI is InChI=1S/C11H16ClNO2/c1-3-10-5-4-8(13-7-10)11(12,6-10)9(14)15-2/h4-5,8,13H,3,6-7H2,1-2H3. The average molecular weight is 230 g/mol. The highest BCUT2D eigenvalue weighted by molar-refractivity contribution is 6.35. The largest absolute Gasteiger partial charge is 0.468 e. The molecule has 0 aromatic carbocycles. The number of ether oxygens (including phenoxy) is 1. The third-order valence-electron chi connectivity index (χ3n) is 3.65. The fourth-order valence-corrected chi connectivity index (χ4v) is 3.03. The highest BCUT2D eigenvalue weighted by Gasteiger charge is 2.55. The van der Waals surface area contributed by atoms with Gasteiger partial charge in [0.15, 0.2) is 4.87 Å². The molecular weight excluding hydrogens is 214 g/mol. The summed E-state index contributed by atoms with van der Waals surface area (Å²) in [4.78, 5) is 10.8. The lowest BCUT2D eigenvalue weighted by Gasteiger charge is -2.49. The van der Waals surface area contributed by atoms with E-state index in [9.17, 15) is 4.79 Å². The van der Waals surface area contributed by atoms with Crippen molar-refractivity contribution in [3.8, 4) is 0 Å². The van der Waals surface area contributed by atoms with Gasteiger partial charge in [0.2, 0.25) is 0 Å². The smallest absolute Gasteiger partial charge is 0.328 e. The number of hydrogen-bond acceptors (Lipinski definition) is 3. The molecule has 3 rings (SSSR count). The predicted molar refractivity (Wildman–Crippen MR) is 58.9 cm³/mol. The first kappa shape index (κ1) is 11.0. The molecule has 0 saturated carbocycles. The summed E-state index contributed by atoms with van der Waals surface area (Å²) >= 11 is 6.40. The molecule has 1 aliphatic carbocycles. The van der Waals surface area contributed by atoms with Crippen LogP contribution in [-0.4, -0.2) is 30.5 Å². The molecular formula is C11H16ClNO2. The number of halogens is 1. The summed E-state index contributed by atoms with van der Waals surface area (Å²) in [6, 6.07) is -0.0972. The molecule has 1 N–H and O–H groups in total. The van der Waals surface area contributed by atoms with Crippen LogP contribution in [0.25, 0.3) is 0 Å². The van der Waals surface area contributed by atoms with Crippen molar-refractivity contribution in [2.75, 3.05) is 13.7 Å². The number of alkyl halides is 1. The highest BCUT2D eigenvalue weighted by Crippen LogP contribution is 2.47. The maximum atomic E-state index is 11.7. The van der Waals surface area contributed by atoms with Crippen LogP contribution in [0.3, 0.4) is 0 Å². The van der Waals surface area contributed by atoms with Crippen molar-refractivity contribution in [1.29, 1.82) is 0 Å². The molecule has 0 amide bonds. The van der Waals surface area contributed by atoms with Crippen LogP contribution in [0.5, 0.6) is 0 Å². The summed E-state index contributed by atoms with van der Waals surface area (Å²) in [7, 11) is 1.39. The van der Waals surface area contributed by atoms with E-state index >= 15 is 0 Å². The number of methoxy groups -OCH3 is 1. The molecule has 3 nitrogen and oxygen atoms in total. The van der Waals surface area contributed by atoms with E-state index in [0.717, 1.165) is 13.0 Å². The molecule has 0 radical (unpaired) electrons. The van der Waals surface area contributed by atoms with Gasteiger partial charge < -0.3 is 10.1 Å². The number of carbonyl (C=O) groups excluding carboxylic acids is 1. The third kappa shape index (κ3) is 1.49. The molecule has 4 heteroatoms. The fourth-order valence-electron chi connectivity index (χ4n) is 2.54. The van der Waals surface area contributed by atoms with Crippen molar-refractivity contribution in [3.63, 3.8) is 0 Å². The van der Waals surface area contributed by atoms with E-state index in [1.54, 1.807) is 0 Å². The van der Waals surface area contributed by atoms with Crippen molar-refractivity contribution in [2.24, 2.45) is 5.41 Å². The summed E-state index contributed by atoms with van der Waals surface area (Å²) in [5, 5.41) is 3.30. The van der Waals surface area contributed by atoms with Crippen LogP contribution in [0.2, 0.25) is 0 Å². The number of hydrogen-bond donors (Lipinski definition) is 1. The maximum Gasteiger partial charge on any atom is 0.328 e. The lowest BCUT2D eigenvalue weighted by molar-refractivity contribution is -0.146. The van der Waals surface area contributed by atoms with Crippen LogP contribution in [0, 0.1) is 5.41 Å². The summed E-state index contributed by atoms with van der Waals surface area (Å²) in [6.07, 6.45) is 5.84. The van der Waals surface area contributed by atoms with Crippen LogP contribution in [0.4, 0.5) is 0 Å². The van der Waals surface area contributed by atoms with E-state index in [4.69, 9.17) is 16.3 Å². The molecule has 3 aliphatic rings. The SMILES string of the molecule is CCC12C=CC(NC1)C(Cl)(C(=O)OC)C2. The number of esters is 1. The Kier molecular flexibility index (Phi) is 2.55. The van der Waals surface area contributed by atoms with E-state index in [1.807, 2.05) is 6.08 Å². The first-order chi connectivity index (χ1) is 7.06. The van der Waals surface area contributed by atoms with Gasteiger partial charge in [0.05, 0.1) is 13.2 Å². The fraction of sp³-hybridized carbons (Fsp3) is 0.727. The Labute approximate surface area is 94.8 Å². The molecule has 84 valence electrons. The molecule has 2 heterocycles. The van der Waals surface area contributed by atoms with Gasteiger partial charge in [-0.2, -0.15) is 0 Å². The second kappa shape index (κ2) is 3.49. The van der Waals surface area contributed by atoms with Gasteiger partial charge in [-0.1, -0.05) is 19.1 Å². The molecule has 0 aromatic heterocycles. The topological polar surface area (TPSA) is 38.3 Å². The number of carbonyl (C=O) groups is 1. The lowest BCUT2D eigenvalue weighted by Crippen LogP contribution is -2.63. The Hall–Kier alpha value is -0.540. The van der Waals surface area contributed by atoms with Crippen molar-refractivity contribution >= 4 is 17.6 Å². The van der Waals surface area contributed by atoms with Crippen LogP contribution in [0.15, 0.2) is 12.2 Å². The normalized spacial score (nSPS) is 43.0. The number of piperidine rings is 1. The second-order valence-electron chi connectivity index (χ2n) is 4.46. The monoisotopic (exact) mass is 229 g/mol. The summed E-state index contributed by atoms with van der Waals surface area (Å²) in [6.45, 7) is 3.02. The molecule has 3 atom stereocenters. The lowest BCUT2D eigenvalue weighted by atomic mass is 9.66. The summed E-state index contributed by atoms with van der Waals surface area (Å²) in [5.74, 6) is -0.330. The number of fused-ring (bicyclic) bond motifs is 2. The van der Waals surface area contributed by atoms with Gasteiger partial charge in [-0.3, -0.25) is 4.79 Å². The van der Waals surface area contributed by atoms with Gasteiger partial charge in [-0.25, -0.2) is 0 Å². The van der Waals surface area contributed by atoms with E-state index in [1.165, 1.54) is 7.11 Å². The van der Waals surface area contributed by atoms with Crippen LogP contribution in [0.1, 0.15) is 19.8 Å².